The van der Waals surface area contributed by atoms with Gasteiger partial charge in [-0.3, -0.25) is 0 Å². The fourth-order valence-electron chi connectivity index (χ4n) is 1.13. The topological polar surface area (TPSA) is 49.3 Å². The monoisotopic (exact) mass is 251 g/mol. The van der Waals surface area contributed by atoms with Crippen LogP contribution in [0.15, 0.2) is 18.2 Å². The number of anilines is 1. The average molecular weight is 251 g/mol. The number of carboxylic acid groups (broad SMARTS) is 1. The zero-order valence-corrected chi connectivity index (χ0v) is 8.51. The van der Waals surface area contributed by atoms with Gasteiger partial charge in [0, 0.05) is 6.54 Å². The van der Waals surface area contributed by atoms with E-state index in [1.165, 1.54) is 0 Å². The number of alkyl halides is 3. The molecule has 94 valence electrons. The molecule has 0 aliphatic rings. The number of hydrogen-bond donors (Lipinski definition) is 2. The van der Waals surface area contributed by atoms with Crippen LogP contribution in [0, 0.1) is 5.82 Å². The molecule has 0 bridgehead atoms. The Morgan fingerprint density at radius 2 is 2.00 bits per heavy atom. The molecule has 0 saturated carbocycles. The minimum absolute atomic E-state index is 0.153. The van der Waals surface area contributed by atoms with E-state index in [9.17, 15) is 22.4 Å². The first-order valence-corrected chi connectivity index (χ1v) is 4.63. The Balaban J connectivity index is 2.64. The van der Waals surface area contributed by atoms with E-state index in [4.69, 9.17) is 5.11 Å². The normalized spacial score (nSPS) is 11.3. The summed E-state index contributed by atoms with van der Waals surface area (Å²) in [5.41, 5.74) is -0.414. The van der Waals surface area contributed by atoms with Crippen molar-refractivity contribution in [3.05, 3.63) is 29.6 Å². The van der Waals surface area contributed by atoms with Crippen molar-refractivity contribution < 1.29 is 27.5 Å². The summed E-state index contributed by atoms with van der Waals surface area (Å²) in [5, 5.41) is 10.8. The van der Waals surface area contributed by atoms with Crippen LogP contribution < -0.4 is 5.32 Å². The van der Waals surface area contributed by atoms with E-state index < -0.39 is 30.9 Å². The van der Waals surface area contributed by atoms with Crippen molar-refractivity contribution in [2.45, 2.75) is 12.6 Å². The van der Waals surface area contributed by atoms with Gasteiger partial charge in [-0.25, -0.2) is 9.18 Å². The third-order valence-electron chi connectivity index (χ3n) is 1.94. The number of nitrogens with one attached hydrogen (secondary N) is 1. The highest BCUT2D eigenvalue weighted by Crippen LogP contribution is 2.21. The van der Waals surface area contributed by atoms with Gasteiger partial charge in [-0.15, -0.1) is 0 Å². The van der Waals surface area contributed by atoms with Gasteiger partial charge in [0.2, 0.25) is 0 Å². The van der Waals surface area contributed by atoms with E-state index in [1.807, 2.05) is 0 Å². The van der Waals surface area contributed by atoms with Gasteiger partial charge in [0.25, 0.3) is 0 Å². The predicted molar refractivity (Wildman–Crippen MR) is 52.5 cm³/mol. The first-order valence-electron chi connectivity index (χ1n) is 4.63. The lowest BCUT2D eigenvalue weighted by molar-refractivity contribution is -0.131. The second-order valence-electron chi connectivity index (χ2n) is 3.29. The molecule has 7 heteroatoms. The summed E-state index contributed by atoms with van der Waals surface area (Å²) >= 11 is 0. The maximum atomic E-state index is 13.2. The van der Waals surface area contributed by atoms with Crippen molar-refractivity contribution in [1.82, 2.24) is 0 Å². The van der Waals surface area contributed by atoms with E-state index in [2.05, 4.69) is 5.32 Å². The van der Waals surface area contributed by atoms with Crippen LogP contribution in [0.5, 0.6) is 0 Å². The minimum atomic E-state index is -4.31. The zero-order chi connectivity index (χ0) is 13.1. The van der Waals surface area contributed by atoms with Crippen LogP contribution in [0.2, 0.25) is 0 Å². The molecule has 2 N–H and O–H groups in total. The molecule has 0 heterocycles. The molecule has 1 aromatic rings. The van der Waals surface area contributed by atoms with E-state index >= 15 is 0 Å². The van der Waals surface area contributed by atoms with E-state index in [1.54, 1.807) is 0 Å². The molecular weight excluding hydrogens is 242 g/mol. The molecule has 1 rings (SSSR count). The number of carbonyl (C=O) groups is 1. The molecule has 0 spiro atoms. The SMILES string of the molecule is O=C(O)c1ccc(NCCC(F)(F)F)c(F)c1. The lowest BCUT2D eigenvalue weighted by atomic mass is 10.2. The van der Waals surface area contributed by atoms with Crippen LogP contribution in [-0.2, 0) is 0 Å². The fourth-order valence-corrected chi connectivity index (χ4v) is 1.13. The van der Waals surface area contributed by atoms with Crippen molar-refractivity contribution in [2.24, 2.45) is 0 Å². The summed E-state index contributed by atoms with van der Waals surface area (Å²) in [6.07, 6.45) is -5.41. The van der Waals surface area contributed by atoms with E-state index in [-0.39, 0.29) is 11.3 Å². The van der Waals surface area contributed by atoms with Crippen LogP contribution in [0.1, 0.15) is 16.8 Å². The van der Waals surface area contributed by atoms with Gasteiger partial charge in [0.05, 0.1) is 17.7 Å². The summed E-state index contributed by atoms with van der Waals surface area (Å²) in [4.78, 5) is 10.5. The van der Waals surface area contributed by atoms with Crippen molar-refractivity contribution in [2.75, 3.05) is 11.9 Å². The molecule has 0 aliphatic heterocycles. The maximum absolute atomic E-state index is 13.2. The molecule has 0 atom stereocenters. The largest absolute Gasteiger partial charge is 0.478 e. The molecule has 0 fully saturated rings. The highest BCUT2D eigenvalue weighted by Gasteiger charge is 2.26. The predicted octanol–water partition coefficient (Wildman–Crippen LogP) is 2.89. The average Bonchev–Trinajstić information content (AvgIpc) is 2.18. The Kier molecular flexibility index (Phi) is 3.93. The van der Waals surface area contributed by atoms with E-state index in [0.717, 1.165) is 18.2 Å². The first-order chi connectivity index (χ1) is 7.79. The molecule has 0 radical (unpaired) electrons. The van der Waals surface area contributed by atoms with Gasteiger partial charge in [-0.2, -0.15) is 13.2 Å². The molecule has 0 aliphatic carbocycles. The van der Waals surface area contributed by atoms with E-state index in [0.29, 0.717) is 0 Å². The van der Waals surface area contributed by atoms with Gasteiger partial charge >= 0.3 is 12.1 Å². The maximum Gasteiger partial charge on any atom is 0.390 e. The Morgan fingerprint density at radius 1 is 1.35 bits per heavy atom. The van der Waals surface area contributed by atoms with Gasteiger partial charge in [0.15, 0.2) is 0 Å². The van der Waals surface area contributed by atoms with Crippen LogP contribution in [0.4, 0.5) is 23.2 Å². The summed E-state index contributed by atoms with van der Waals surface area (Å²) in [6.45, 7) is -0.465. The standard InChI is InChI=1S/C10H9F4NO2/c11-7-5-6(9(16)17)1-2-8(7)15-4-3-10(12,13)14/h1-2,5,15H,3-4H2,(H,16,17). The molecule has 0 amide bonds. The number of rotatable bonds is 4. The second kappa shape index (κ2) is 5.03. The molecule has 3 nitrogen and oxygen atoms in total. The van der Waals surface area contributed by atoms with Gasteiger partial charge in [-0.05, 0) is 18.2 Å². The molecule has 0 aromatic heterocycles. The molecule has 1 aromatic carbocycles. The Morgan fingerprint density at radius 3 is 2.47 bits per heavy atom. The number of carboxylic acids is 1. The summed E-state index contributed by atoms with van der Waals surface area (Å²) in [7, 11) is 0. The summed E-state index contributed by atoms with van der Waals surface area (Å²) in [6, 6.07) is 2.95. The fraction of sp³-hybridized carbons (Fsp3) is 0.300. The molecule has 17 heavy (non-hydrogen) atoms. The van der Waals surface area contributed by atoms with Crippen molar-refractivity contribution in [1.29, 1.82) is 0 Å². The van der Waals surface area contributed by atoms with Crippen molar-refractivity contribution >= 4 is 11.7 Å². The second-order valence-corrected chi connectivity index (χ2v) is 3.29. The van der Waals surface area contributed by atoms with Gasteiger partial charge < -0.3 is 10.4 Å². The highest BCUT2D eigenvalue weighted by atomic mass is 19.4. The highest BCUT2D eigenvalue weighted by molar-refractivity contribution is 5.88. The van der Waals surface area contributed by atoms with Crippen molar-refractivity contribution in [3.63, 3.8) is 0 Å². The number of aromatic carboxylic acids is 1. The third-order valence-corrected chi connectivity index (χ3v) is 1.94. The van der Waals surface area contributed by atoms with Crippen LogP contribution in [-0.4, -0.2) is 23.8 Å². The van der Waals surface area contributed by atoms with Crippen LogP contribution in [0.3, 0.4) is 0 Å². The number of hydrogen-bond acceptors (Lipinski definition) is 2. The lowest BCUT2D eigenvalue weighted by Crippen LogP contribution is -2.15. The van der Waals surface area contributed by atoms with Crippen LogP contribution >= 0.6 is 0 Å². The van der Waals surface area contributed by atoms with Crippen LogP contribution in [0.25, 0.3) is 0 Å². The Hall–Kier alpha value is -1.79. The number of benzene rings is 1. The first kappa shape index (κ1) is 13.3. The summed E-state index contributed by atoms with van der Waals surface area (Å²) < 4.78 is 48.7. The lowest BCUT2D eigenvalue weighted by Gasteiger charge is -2.09. The quantitative estimate of drug-likeness (QED) is 0.809. The van der Waals surface area contributed by atoms with Crippen molar-refractivity contribution in [3.8, 4) is 0 Å². The zero-order valence-electron chi connectivity index (χ0n) is 8.51. The molecular formula is C10H9F4NO2. The molecule has 0 unspecified atom stereocenters. The smallest absolute Gasteiger partial charge is 0.390 e. The Labute approximate surface area is 94.1 Å². The Bertz CT molecular complexity index is 417. The molecule has 0 saturated heterocycles. The third kappa shape index (κ3) is 4.29. The number of halogens is 4. The van der Waals surface area contributed by atoms with Gasteiger partial charge in [0.1, 0.15) is 5.82 Å². The minimum Gasteiger partial charge on any atom is -0.478 e. The summed E-state index contributed by atoms with van der Waals surface area (Å²) in [5.74, 6) is -2.20. The van der Waals surface area contributed by atoms with Gasteiger partial charge in [-0.1, -0.05) is 0 Å².